The Morgan fingerprint density at radius 3 is 2.24 bits per heavy atom. The number of rotatable bonds is 12. The van der Waals surface area contributed by atoms with E-state index in [1.54, 1.807) is 0 Å². The highest BCUT2D eigenvalue weighted by Crippen LogP contribution is 2.56. The van der Waals surface area contributed by atoms with Crippen LogP contribution < -0.4 is 4.90 Å². The molecule has 232 valence electrons. The van der Waals surface area contributed by atoms with Gasteiger partial charge in [0, 0.05) is 63.0 Å². The second kappa shape index (κ2) is 12.4. The van der Waals surface area contributed by atoms with Crippen LogP contribution in [0.2, 0.25) is 51.4 Å². The SMILES string of the molecule is CCC1(c2cccc(Br)c2)C2=C(C(F)C(C)(C)CC2=O)N(COCC[Si](C)(C)C)c2nn(COCC[Si](C)(C)C)cc21. The Bertz CT molecular complexity index is 1330. The van der Waals surface area contributed by atoms with Crippen LogP contribution in [-0.2, 0) is 26.4 Å². The van der Waals surface area contributed by atoms with Crippen LogP contribution in [0.5, 0.6) is 0 Å². The zero-order valence-electron chi connectivity index (χ0n) is 26.9. The first-order chi connectivity index (χ1) is 19.5. The molecule has 2 unspecified atom stereocenters. The predicted molar refractivity (Wildman–Crippen MR) is 178 cm³/mol. The van der Waals surface area contributed by atoms with Gasteiger partial charge in [0.1, 0.15) is 19.6 Å². The Morgan fingerprint density at radius 2 is 1.67 bits per heavy atom. The summed E-state index contributed by atoms with van der Waals surface area (Å²) in [7, 11) is -2.57. The Balaban J connectivity index is 1.88. The number of halogens is 2. The molecule has 0 fully saturated rings. The molecule has 2 heterocycles. The molecule has 42 heavy (non-hydrogen) atoms. The number of Topliss-reactive ketones (excluding diaryl/α,β-unsaturated/α-hetero) is 1. The lowest BCUT2D eigenvalue weighted by atomic mass is 9.59. The Labute approximate surface area is 262 Å². The van der Waals surface area contributed by atoms with Crippen molar-refractivity contribution in [3.05, 3.63) is 57.3 Å². The van der Waals surface area contributed by atoms with E-state index in [9.17, 15) is 4.79 Å². The number of ether oxygens (including phenoxy) is 2. The number of carbonyl (C=O) groups is 1. The van der Waals surface area contributed by atoms with Crippen molar-refractivity contribution in [2.75, 3.05) is 24.8 Å². The van der Waals surface area contributed by atoms with Crippen molar-refractivity contribution in [3.8, 4) is 0 Å². The average Bonchev–Trinajstić information content (AvgIpc) is 3.30. The van der Waals surface area contributed by atoms with Gasteiger partial charge in [0.05, 0.1) is 11.1 Å². The minimum absolute atomic E-state index is 0.0115. The van der Waals surface area contributed by atoms with E-state index in [0.29, 0.717) is 43.5 Å². The molecule has 0 N–H and O–H groups in total. The summed E-state index contributed by atoms with van der Waals surface area (Å²) in [6, 6.07) is 10.1. The van der Waals surface area contributed by atoms with Gasteiger partial charge in [-0.2, -0.15) is 5.10 Å². The first-order valence-electron chi connectivity index (χ1n) is 15.2. The Hall–Kier alpha value is -1.60. The summed E-state index contributed by atoms with van der Waals surface area (Å²) >= 11 is 3.65. The second-order valence-electron chi connectivity index (χ2n) is 15.0. The van der Waals surface area contributed by atoms with Crippen LogP contribution in [-0.4, -0.2) is 57.8 Å². The lowest BCUT2D eigenvalue weighted by Crippen LogP contribution is -2.52. The van der Waals surface area contributed by atoms with Gasteiger partial charge in [-0.1, -0.05) is 88.1 Å². The summed E-state index contributed by atoms with van der Waals surface area (Å²) < 4.78 is 31.9. The molecule has 0 bridgehead atoms. The van der Waals surface area contributed by atoms with Gasteiger partial charge < -0.3 is 14.4 Å². The summed E-state index contributed by atoms with van der Waals surface area (Å²) in [5.41, 5.74) is 1.09. The monoisotopic (exact) mass is 677 g/mol. The van der Waals surface area contributed by atoms with E-state index < -0.39 is 33.1 Å². The molecule has 2 aliphatic rings. The number of anilines is 1. The predicted octanol–water partition coefficient (Wildman–Crippen LogP) is 8.38. The van der Waals surface area contributed by atoms with Gasteiger partial charge in [0.2, 0.25) is 0 Å². The maximum Gasteiger partial charge on any atom is 0.162 e. The van der Waals surface area contributed by atoms with Gasteiger partial charge in [-0.3, -0.25) is 4.79 Å². The molecule has 0 saturated carbocycles. The van der Waals surface area contributed by atoms with Gasteiger partial charge in [0.15, 0.2) is 11.6 Å². The number of ketones is 1. The smallest absolute Gasteiger partial charge is 0.162 e. The van der Waals surface area contributed by atoms with Gasteiger partial charge >= 0.3 is 0 Å². The van der Waals surface area contributed by atoms with Gasteiger partial charge in [-0.25, -0.2) is 9.07 Å². The largest absolute Gasteiger partial charge is 0.361 e. The zero-order valence-corrected chi connectivity index (χ0v) is 30.5. The molecule has 1 aliphatic heterocycles. The van der Waals surface area contributed by atoms with E-state index in [2.05, 4.69) is 68.2 Å². The average molecular weight is 679 g/mol. The number of hydrogen-bond donors (Lipinski definition) is 0. The fraction of sp³-hybridized carbons (Fsp3) is 0.625. The highest BCUT2D eigenvalue weighted by molar-refractivity contribution is 9.10. The van der Waals surface area contributed by atoms with Gasteiger partial charge in [-0.05, 0) is 36.2 Å². The highest BCUT2D eigenvalue weighted by atomic mass is 79.9. The minimum Gasteiger partial charge on any atom is -0.361 e. The highest BCUT2D eigenvalue weighted by Gasteiger charge is 2.56. The molecule has 0 amide bonds. The molecule has 0 radical (unpaired) electrons. The van der Waals surface area contributed by atoms with Crippen LogP contribution in [0.3, 0.4) is 0 Å². The number of hydrogen-bond acceptors (Lipinski definition) is 5. The van der Waals surface area contributed by atoms with E-state index in [-0.39, 0.29) is 18.9 Å². The Morgan fingerprint density at radius 1 is 1.05 bits per heavy atom. The van der Waals surface area contributed by atoms with E-state index in [0.717, 1.165) is 27.7 Å². The maximum atomic E-state index is 16.8. The van der Waals surface area contributed by atoms with Crippen molar-refractivity contribution >= 4 is 43.7 Å². The molecule has 2 atom stereocenters. The first-order valence-corrected chi connectivity index (χ1v) is 23.4. The third-order valence-corrected chi connectivity index (χ3v) is 12.4. The Kier molecular flexibility index (Phi) is 9.85. The van der Waals surface area contributed by atoms with Gasteiger partial charge in [0.25, 0.3) is 0 Å². The van der Waals surface area contributed by atoms with Crippen molar-refractivity contribution in [1.29, 1.82) is 0 Å². The molecular formula is C32H49BrFN3O3Si2. The lowest BCUT2D eigenvalue weighted by Gasteiger charge is -2.49. The van der Waals surface area contributed by atoms with Crippen molar-refractivity contribution in [1.82, 2.24) is 9.78 Å². The van der Waals surface area contributed by atoms with E-state index in [1.807, 2.05) is 47.8 Å². The second-order valence-corrected chi connectivity index (χ2v) is 27.2. The molecule has 2 aromatic rings. The van der Waals surface area contributed by atoms with Crippen molar-refractivity contribution < 1.29 is 18.7 Å². The number of carbonyl (C=O) groups excluding carboxylic acids is 1. The van der Waals surface area contributed by atoms with Crippen LogP contribution in [0.4, 0.5) is 10.2 Å². The molecule has 1 aliphatic carbocycles. The molecule has 0 saturated heterocycles. The molecule has 6 nitrogen and oxygen atoms in total. The van der Waals surface area contributed by atoms with Crippen molar-refractivity contribution in [3.63, 3.8) is 0 Å². The van der Waals surface area contributed by atoms with E-state index in [4.69, 9.17) is 14.6 Å². The van der Waals surface area contributed by atoms with Crippen LogP contribution in [0, 0.1) is 5.41 Å². The minimum atomic E-state index is -1.35. The van der Waals surface area contributed by atoms with Crippen LogP contribution >= 0.6 is 15.9 Å². The number of allylic oxidation sites excluding steroid dienone is 2. The first kappa shape index (κ1) is 33.3. The molecule has 1 aromatic carbocycles. The lowest BCUT2D eigenvalue weighted by molar-refractivity contribution is -0.120. The fourth-order valence-electron chi connectivity index (χ4n) is 6.01. The summed E-state index contributed by atoms with van der Waals surface area (Å²) in [4.78, 5) is 16.1. The molecule has 10 heteroatoms. The van der Waals surface area contributed by atoms with E-state index >= 15 is 4.39 Å². The maximum absolute atomic E-state index is 16.8. The topological polar surface area (TPSA) is 56.6 Å². The number of fused-ring (bicyclic) bond motifs is 1. The van der Waals surface area contributed by atoms with Crippen molar-refractivity contribution in [2.24, 2.45) is 5.41 Å². The summed E-state index contributed by atoms with van der Waals surface area (Å²) in [5, 5.41) is 5.02. The molecular weight excluding hydrogens is 629 g/mol. The number of alkyl halides is 1. The summed E-state index contributed by atoms with van der Waals surface area (Å²) in [6.45, 7) is 21.4. The quantitative estimate of drug-likeness (QED) is 0.167. The zero-order chi connectivity index (χ0) is 31.1. The normalized spacial score (nSPS) is 22.4. The molecule has 1 aromatic heterocycles. The number of aromatic nitrogens is 2. The number of nitrogens with zero attached hydrogens (tertiary/aromatic N) is 3. The van der Waals surface area contributed by atoms with Crippen LogP contribution in [0.15, 0.2) is 46.2 Å². The summed E-state index contributed by atoms with van der Waals surface area (Å²) in [5.74, 6) is 0.633. The third kappa shape index (κ3) is 6.87. The van der Waals surface area contributed by atoms with Crippen molar-refractivity contribution in [2.45, 2.75) is 103 Å². The standard InChI is InChI=1S/C32H49BrFN3O3Si2/c1-10-32(23-12-11-13-24(33)18-23)25-20-36(21-39-14-16-41(4,5)6)35-30(25)37(22-40-15-17-42(7,8)9)28-27(32)26(38)19-31(2,3)29(28)34/h11-13,18,20,29H,10,14-17,19,21-22H2,1-9H3. The van der Waals surface area contributed by atoms with E-state index in [1.165, 1.54) is 0 Å². The fourth-order valence-corrected chi connectivity index (χ4v) is 7.93. The van der Waals surface area contributed by atoms with Crippen LogP contribution in [0.25, 0.3) is 0 Å². The number of benzene rings is 1. The van der Waals surface area contributed by atoms with Crippen LogP contribution in [0.1, 0.15) is 44.7 Å². The molecule has 0 spiro atoms. The summed E-state index contributed by atoms with van der Waals surface area (Å²) in [6.07, 6.45) is 1.39. The molecule has 4 rings (SSSR count). The van der Waals surface area contributed by atoms with Gasteiger partial charge in [-0.15, -0.1) is 0 Å². The third-order valence-electron chi connectivity index (χ3n) is 8.54.